The maximum absolute atomic E-state index is 13.7. The number of carbonyl (C=O) groups excluding carboxylic acids is 3. The van der Waals surface area contributed by atoms with Gasteiger partial charge in [0.15, 0.2) is 17.3 Å². The van der Waals surface area contributed by atoms with Crippen molar-refractivity contribution in [1.82, 2.24) is 5.32 Å². The number of benzene rings is 1. The summed E-state index contributed by atoms with van der Waals surface area (Å²) in [5.41, 5.74) is -0.485. The lowest BCUT2D eigenvalue weighted by atomic mass is 10.1. The highest BCUT2D eigenvalue weighted by atomic mass is 19.1. The van der Waals surface area contributed by atoms with Gasteiger partial charge in [0.2, 0.25) is 5.91 Å². The van der Waals surface area contributed by atoms with Crippen molar-refractivity contribution in [2.75, 3.05) is 7.11 Å². The molecule has 0 spiro atoms. The Kier molecular flexibility index (Phi) is 9.09. The molecule has 1 aromatic rings. The monoisotopic (exact) mass is 395 g/mol. The van der Waals surface area contributed by atoms with Crippen LogP contribution in [-0.4, -0.2) is 36.4 Å². The second kappa shape index (κ2) is 10.8. The smallest absolute Gasteiger partial charge is 0.329 e. The van der Waals surface area contributed by atoms with Crippen LogP contribution < -0.4 is 10.1 Å². The molecule has 1 aromatic carbocycles. The molecule has 0 aliphatic rings. The van der Waals surface area contributed by atoms with E-state index >= 15 is 0 Å². The van der Waals surface area contributed by atoms with Crippen LogP contribution in [0.4, 0.5) is 4.39 Å². The predicted molar refractivity (Wildman–Crippen MR) is 104 cm³/mol. The van der Waals surface area contributed by atoms with Gasteiger partial charge in [-0.05, 0) is 45.4 Å². The van der Waals surface area contributed by atoms with Crippen LogP contribution >= 0.6 is 0 Å². The Balaban J connectivity index is 2.64. The van der Waals surface area contributed by atoms with Crippen LogP contribution in [-0.2, 0) is 14.3 Å². The van der Waals surface area contributed by atoms with Gasteiger partial charge in [0.1, 0.15) is 11.6 Å². The van der Waals surface area contributed by atoms with E-state index in [0.717, 1.165) is 18.9 Å². The molecule has 1 rings (SSSR count). The summed E-state index contributed by atoms with van der Waals surface area (Å²) in [7, 11) is 1.34. The zero-order chi connectivity index (χ0) is 21.3. The number of hydrogen-bond donors (Lipinski definition) is 1. The van der Waals surface area contributed by atoms with Crippen LogP contribution in [0.5, 0.6) is 5.75 Å². The van der Waals surface area contributed by atoms with Crippen molar-refractivity contribution < 1.29 is 28.2 Å². The van der Waals surface area contributed by atoms with Gasteiger partial charge in [-0.25, -0.2) is 9.18 Å². The summed E-state index contributed by atoms with van der Waals surface area (Å²) < 4.78 is 23.9. The Bertz CT molecular complexity index is 697. The molecule has 0 bridgehead atoms. The molecule has 28 heavy (non-hydrogen) atoms. The number of ether oxygens (including phenoxy) is 2. The quantitative estimate of drug-likeness (QED) is 0.481. The third-order valence-electron chi connectivity index (χ3n) is 3.93. The fourth-order valence-electron chi connectivity index (χ4n) is 2.51. The highest BCUT2D eigenvalue weighted by molar-refractivity contribution is 5.98. The molecule has 156 valence electrons. The SMILES string of the molecule is CCCC[C@@H](NC(=O)CCC(=O)c1ccc(OC)c(F)c1)C(=O)OC(C)(C)C. The first kappa shape index (κ1) is 23.6. The molecule has 0 radical (unpaired) electrons. The van der Waals surface area contributed by atoms with Gasteiger partial charge in [0, 0.05) is 18.4 Å². The summed E-state index contributed by atoms with van der Waals surface area (Å²) in [5.74, 6) is -1.86. The average Bonchev–Trinajstić information content (AvgIpc) is 2.61. The summed E-state index contributed by atoms with van der Waals surface area (Å²) >= 11 is 0. The minimum atomic E-state index is -0.750. The number of ketones is 1. The highest BCUT2D eigenvalue weighted by Crippen LogP contribution is 2.19. The van der Waals surface area contributed by atoms with E-state index in [2.05, 4.69) is 5.32 Å². The van der Waals surface area contributed by atoms with Crippen molar-refractivity contribution in [2.45, 2.75) is 71.4 Å². The van der Waals surface area contributed by atoms with Crippen molar-refractivity contribution in [3.8, 4) is 5.75 Å². The topological polar surface area (TPSA) is 81.7 Å². The van der Waals surface area contributed by atoms with Gasteiger partial charge in [0.05, 0.1) is 7.11 Å². The molecule has 1 atom stereocenters. The largest absolute Gasteiger partial charge is 0.494 e. The Hall–Kier alpha value is -2.44. The molecule has 7 heteroatoms. The number of rotatable bonds is 10. The second-order valence-electron chi connectivity index (χ2n) is 7.57. The molecular weight excluding hydrogens is 365 g/mol. The minimum Gasteiger partial charge on any atom is -0.494 e. The molecule has 0 aliphatic heterocycles. The van der Waals surface area contributed by atoms with Gasteiger partial charge in [-0.3, -0.25) is 9.59 Å². The lowest BCUT2D eigenvalue weighted by molar-refractivity contribution is -0.158. The molecule has 0 saturated heterocycles. The van der Waals surface area contributed by atoms with Crippen LogP contribution in [0.3, 0.4) is 0 Å². The Morgan fingerprint density at radius 3 is 2.39 bits per heavy atom. The molecule has 0 heterocycles. The Morgan fingerprint density at radius 1 is 1.18 bits per heavy atom. The number of carbonyl (C=O) groups is 3. The molecule has 0 unspecified atom stereocenters. The van der Waals surface area contributed by atoms with Crippen LogP contribution in [0.25, 0.3) is 0 Å². The second-order valence-corrected chi connectivity index (χ2v) is 7.57. The first-order valence-corrected chi connectivity index (χ1v) is 9.46. The van der Waals surface area contributed by atoms with Crippen LogP contribution in [0.15, 0.2) is 18.2 Å². The number of unbranched alkanes of at least 4 members (excludes halogenated alkanes) is 1. The van der Waals surface area contributed by atoms with Gasteiger partial charge < -0.3 is 14.8 Å². The van der Waals surface area contributed by atoms with Crippen molar-refractivity contribution in [1.29, 1.82) is 0 Å². The fourth-order valence-corrected chi connectivity index (χ4v) is 2.51. The number of nitrogens with one attached hydrogen (secondary N) is 1. The van der Waals surface area contributed by atoms with Crippen molar-refractivity contribution in [3.05, 3.63) is 29.6 Å². The van der Waals surface area contributed by atoms with E-state index in [0.29, 0.717) is 6.42 Å². The molecule has 0 aliphatic carbocycles. The molecular formula is C21H30FNO5. The van der Waals surface area contributed by atoms with Crippen LogP contribution in [0.1, 0.15) is 70.2 Å². The number of Topliss-reactive ketones (excluding diaryl/α,β-unsaturated/α-hetero) is 1. The molecule has 1 N–H and O–H groups in total. The van der Waals surface area contributed by atoms with E-state index in [1.54, 1.807) is 20.8 Å². The average molecular weight is 395 g/mol. The van der Waals surface area contributed by atoms with Crippen molar-refractivity contribution >= 4 is 17.7 Å². The zero-order valence-electron chi connectivity index (χ0n) is 17.3. The van der Waals surface area contributed by atoms with E-state index in [9.17, 15) is 18.8 Å². The lowest BCUT2D eigenvalue weighted by Gasteiger charge is -2.24. The number of hydrogen-bond acceptors (Lipinski definition) is 5. The summed E-state index contributed by atoms with van der Waals surface area (Å²) in [6, 6.07) is 3.16. The van der Waals surface area contributed by atoms with E-state index in [4.69, 9.17) is 9.47 Å². The summed E-state index contributed by atoms with van der Waals surface area (Å²) in [6.07, 6.45) is 1.91. The van der Waals surface area contributed by atoms with Gasteiger partial charge in [0.25, 0.3) is 0 Å². The molecule has 0 aromatic heterocycles. The number of amides is 1. The maximum atomic E-state index is 13.7. The first-order valence-electron chi connectivity index (χ1n) is 9.46. The molecule has 1 amide bonds. The number of methoxy groups -OCH3 is 1. The van der Waals surface area contributed by atoms with Crippen molar-refractivity contribution in [2.24, 2.45) is 0 Å². The van der Waals surface area contributed by atoms with E-state index in [1.807, 2.05) is 6.92 Å². The van der Waals surface area contributed by atoms with Gasteiger partial charge >= 0.3 is 5.97 Å². The summed E-state index contributed by atoms with van der Waals surface area (Å²) in [6.45, 7) is 7.27. The van der Waals surface area contributed by atoms with E-state index in [1.165, 1.54) is 19.2 Å². The molecule has 0 saturated carbocycles. The van der Waals surface area contributed by atoms with E-state index in [-0.39, 0.29) is 29.9 Å². The molecule has 6 nitrogen and oxygen atoms in total. The Labute approximate surface area is 165 Å². The van der Waals surface area contributed by atoms with Gasteiger partial charge in [-0.1, -0.05) is 19.8 Å². The van der Waals surface area contributed by atoms with Crippen LogP contribution in [0.2, 0.25) is 0 Å². The highest BCUT2D eigenvalue weighted by Gasteiger charge is 2.26. The summed E-state index contributed by atoms with van der Waals surface area (Å²) in [4.78, 5) is 36.7. The minimum absolute atomic E-state index is 0.0467. The van der Waals surface area contributed by atoms with Crippen LogP contribution in [0, 0.1) is 5.82 Å². The predicted octanol–water partition coefficient (Wildman–Crippen LogP) is 3.81. The van der Waals surface area contributed by atoms with E-state index < -0.39 is 29.3 Å². The fraction of sp³-hybridized carbons (Fsp3) is 0.571. The zero-order valence-corrected chi connectivity index (χ0v) is 17.3. The Morgan fingerprint density at radius 2 is 1.86 bits per heavy atom. The number of halogens is 1. The third-order valence-corrected chi connectivity index (χ3v) is 3.93. The standard InChI is InChI=1S/C21H30FNO5/c1-6-7-8-16(20(26)28-21(2,3)4)23-19(25)12-10-17(24)14-9-11-18(27-5)15(22)13-14/h9,11,13,16H,6-8,10,12H2,1-5H3,(H,23,25)/t16-/m1/s1. The number of esters is 1. The lowest BCUT2D eigenvalue weighted by Crippen LogP contribution is -2.44. The first-order chi connectivity index (χ1) is 13.1. The summed E-state index contributed by atoms with van der Waals surface area (Å²) in [5, 5.41) is 2.65. The molecule has 0 fully saturated rings. The normalized spacial score (nSPS) is 12.2. The van der Waals surface area contributed by atoms with Crippen molar-refractivity contribution in [3.63, 3.8) is 0 Å². The maximum Gasteiger partial charge on any atom is 0.329 e. The van der Waals surface area contributed by atoms with Gasteiger partial charge in [-0.2, -0.15) is 0 Å². The van der Waals surface area contributed by atoms with Gasteiger partial charge in [-0.15, -0.1) is 0 Å². The third kappa shape index (κ3) is 8.06.